The van der Waals surface area contributed by atoms with Gasteiger partial charge in [0.15, 0.2) is 11.6 Å². The lowest BCUT2D eigenvalue weighted by atomic mass is 9.96. The van der Waals surface area contributed by atoms with Crippen LogP contribution in [0.25, 0.3) is 0 Å². The number of carbonyl (C=O) groups is 1. The summed E-state index contributed by atoms with van der Waals surface area (Å²) in [5.74, 6) is -4.42. The zero-order valence-electron chi connectivity index (χ0n) is 10.9. The van der Waals surface area contributed by atoms with E-state index in [4.69, 9.17) is 5.11 Å². The van der Waals surface area contributed by atoms with Crippen molar-refractivity contribution < 1.29 is 23.6 Å². The molecular formula is C12H14F2N2O4. The van der Waals surface area contributed by atoms with Crippen LogP contribution < -0.4 is 5.32 Å². The molecule has 0 heterocycles. The number of nitro groups is 1. The average molecular weight is 288 g/mol. The molecule has 0 aliphatic carbocycles. The first-order chi connectivity index (χ1) is 9.23. The maximum absolute atomic E-state index is 13.6. The number of aliphatic carboxylic acids is 1. The lowest BCUT2D eigenvalue weighted by Crippen LogP contribution is -2.28. The second kappa shape index (κ2) is 6.27. The average Bonchev–Trinajstić information content (AvgIpc) is 2.31. The molecule has 20 heavy (non-hydrogen) atoms. The smallest absolute Gasteiger partial charge is 0.308 e. The molecule has 0 aliphatic rings. The van der Waals surface area contributed by atoms with Crippen molar-refractivity contribution in [2.75, 3.05) is 11.9 Å². The van der Waals surface area contributed by atoms with Gasteiger partial charge in [0.1, 0.15) is 5.69 Å². The van der Waals surface area contributed by atoms with Crippen LogP contribution >= 0.6 is 0 Å². The number of anilines is 1. The number of rotatable bonds is 6. The van der Waals surface area contributed by atoms with Crippen molar-refractivity contribution >= 4 is 17.3 Å². The van der Waals surface area contributed by atoms with Crippen LogP contribution in [0.5, 0.6) is 0 Å². The Balaban J connectivity index is 2.93. The van der Waals surface area contributed by atoms with Gasteiger partial charge < -0.3 is 10.4 Å². The van der Waals surface area contributed by atoms with Crippen LogP contribution in [0, 0.1) is 33.6 Å². The molecule has 0 aromatic heterocycles. The van der Waals surface area contributed by atoms with Gasteiger partial charge in [0.2, 0.25) is 0 Å². The summed E-state index contributed by atoms with van der Waals surface area (Å²) in [7, 11) is 0. The standard InChI is InChI=1S/C12H14F2N2O4/c1-6(2)8(12(17)18)5-15-11-9(13)3-7(16(19)20)4-10(11)14/h3-4,6,8,15H,5H2,1-2H3,(H,17,18). The Morgan fingerprint density at radius 3 is 2.25 bits per heavy atom. The van der Waals surface area contributed by atoms with Crippen LogP contribution in [0.15, 0.2) is 12.1 Å². The molecule has 0 saturated heterocycles. The van der Waals surface area contributed by atoms with E-state index in [-0.39, 0.29) is 12.5 Å². The van der Waals surface area contributed by atoms with E-state index in [1.165, 1.54) is 0 Å². The van der Waals surface area contributed by atoms with Gasteiger partial charge in [-0.05, 0) is 5.92 Å². The Kier molecular flexibility index (Phi) is 4.95. The quantitative estimate of drug-likeness (QED) is 0.620. The predicted molar refractivity (Wildman–Crippen MR) is 67.5 cm³/mol. The molecule has 1 rings (SSSR count). The molecule has 0 fully saturated rings. The summed E-state index contributed by atoms with van der Waals surface area (Å²) in [6, 6.07) is 1.16. The number of benzene rings is 1. The van der Waals surface area contributed by atoms with Gasteiger partial charge in [-0.3, -0.25) is 14.9 Å². The van der Waals surface area contributed by atoms with Crippen molar-refractivity contribution in [1.29, 1.82) is 0 Å². The van der Waals surface area contributed by atoms with E-state index in [9.17, 15) is 23.7 Å². The topological polar surface area (TPSA) is 92.5 Å². The molecule has 2 N–H and O–H groups in total. The second-order valence-electron chi connectivity index (χ2n) is 4.61. The summed E-state index contributed by atoms with van der Waals surface area (Å²) in [6.45, 7) is 3.16. The molecule has 110 valence electrons. The third-order valence-corrected chi connectivity index (χ3v) is 2.86. The molecule has 0 aliphatic heterocycles. The normalized spacial score (nSPS) is 12.2. The van der Waals surface area contributed by atoms with Gasteiger partial charge in [-0.2, -0.15) is 0 Å². The number of nitro benzene ring substituents is 1. The number of non-ortho nitro benzene ring substituents is 1. The molecular weight excluding hydrogens is 274 g/mol. The van der Waals surface area contributed by atoms with Crippen LogP contribution in [-0.4, -0.2) is 22.5 Å². The van der Waals surface area contributed by atoms with E-state index in [1.807, 2.05) is 0 Å². The summed E-state index contributed by atoms with van der Waals surface area (Å²) in [5, 5.41) is 21.8. The number of nitrogens with one attached hydrogen (secondary N) is 1. The fourth-order valence-electron chi connectivity index (χ4n) is 1.65. The maximum atomic E-state index is 13.6. The molecule has 0 amide bonds. The van der Waals surface area contributed by atoms with E-state index in [1.54, 1.807) is 13.8 Å². The number of carboxylic acid groups (broad SMARTS) is 1. The van der Waals surface area contributed by atoms with Crippen molar-refractivity contribution in [3.63, 3.8) is 0 Å². The number of hydrogen-bond acceptors (Lipinski definition) is 4. The number of halogens is 2. The fourth-order valence-corrected chi connectivity index (χ4v) is 1.65. The molecule has 1 atom stereocenters. The lowest BCUT2D eigenvalue weighted by Gasteiger charge is -2.18. The van der Waals surface area contributed by atoms with Crippen molar-refractivity contribution in [3.8, 4) is 0 Å². The highest BCUT2D eigenvalue weighted by Crippen LogP contribution is 2.25. The Bertz CT molecular complexity index is 511. The van der Waals surface area contributed by atoms with Crippen molar-refractivity contribution in [1.82, 2.24) is 0 Å². The minimum absolute atomic E-state index is 0.182. The minimum atomic E-state index is -1.13. The Morgan fingerprint density at radius 1 is 1.40 bits per heavy atom. The zero-order valence-corrected chi connectivity index (χ0v) is 10.9. The van der Waals surface area contributed by atoms with Crippen LogP contribution in [0.1, 0.15) is 13.8 Å². The first kappa shape index (κ1) is 15.8. The van der Waals surface area contributed by atoms with E-state index in [0.29, 0.717) is 12.1 Å². The molecule has 8 heteroatoms. The fraction of sp³-hybridized carbons (Fsp3) is 0.417. The largest absolute Gasteiger partial charge is 0.481 e. The van der Waals surface area contributed by atoms with Gasteiger partial charge in [0.25, 0.3) is 5.69 Å². The third-order valence-electron chi connectivity index (χ3n) is 2.86. The highest BCUT2D eigenvalue weighted by molar-refractivity contribution is 5.71. The van der Waals surface area contributed by atoms with Crippen LogP contribution in [0.4, 0.5) is 20.2 Å². The van der Waals surface area contributed by atoms with E-state index >= 15 is 0 Å². The Hall–Kier alpha value is -2.25. The van der Waals surface area contributed by atoms with Gasteiger partial charge in [-0.15, -0.1) is 0 Å². The van der Waals surface area contributed by atoms with Gasteiger partial charge >= 0.3 is 5.97 Å². The molecule has 1 aromatic rings. The zero-order chi connectivity index (χ0) is 15.4. The summed E-state index contributed by atoms with van der Waals surface area (Å²) < 4.78 is 27.1. The molecule has 0 bridgehead atoms. The second-order valence-corrected chi connectivity index (χ2v) is 4.61. The maximum Gasteiger partial charge on any atom is 0.308 e. The monoisotopic (exact) mass is 288 g/mol. The Morgan fingerprint density at radius 2 is 1.90 bits per heavy atom. The number of nitrogens with zero attached hydrogens (tertiary/aromatic N) is 1. The highest BCUT2D eigenvalue weighted by Gasteiger charge is 2.23. The number of hydrogen-bond donors (Lipinski definition) is 2. The molecule has 1 unspecified atom stereocenters. The highest BCUT2D eigenvalue weighted by atomic mass is 19.1. The minimum Gasteiger partial charge on any atom is -0.481 e. The van der Waals surface area contributed by atoms with Crippen LogP contribution in [-0.2, 0) is 4.79 Å². The molecule has 0 spiro atoms. The van der Waals surface area contributed by atoms with E-state index < -0.39 is 39.8 Å². The van der Waals surface area contributed by atoms with E-state index in [0.717, 1.165) is 0 Å². The van der Waals surface area contributed by atoms with Crippen LogP contribution in [0.3, 0.4) is 0 Å². The number of carboxylic acids is 1. The first-order valence-corrected chi connectivity index (χ1v) is 5.84. The van der Waals surface area contributed by atoms with E-state index in [2.05, 4.69) is 5.32 Å². The summed E-state index contributed by atoms with van der Waals surface area (Å²) in [5.41, 5.74) is -1.27. The van der Waals surface area contributed by atoms with Crippen molar-refractivity contribution in [3.05, 3.63) is 33.9 Å². The predicted octanol–water partition coefficient (Wildman–Crippen LogP) is 2.64. The van der Waals surface area contributed by atoms with Crippen LogP contribution in [0.2, 0.25) is 0 Å². The van der Waals surface area contributed by atoms with Gasteiger partial charge in [0, 0.05) is 6.54 Å². The molecule has 0 saturated carbocycles. The van der Waals surface area contributed by atoms with Crippen molar-refractivity contribution in [2.45, 2.75) is 13.8 Å². The molecule has 6 nitrogen and oxygen atoms in total. The third kappa shape index (κ3) is 3.62. The molecule has 1 aromatic carbocycles. The van der Waals surface area contributed by atoms with Gasteiger partial charge in [-0.25, -0.2) is 8.78 Å². The lowest BCUT2D eigenvalue weighted by molar-refractivity contribution is -0.385. The summed E-state index contributed by atoms with van der Waals surface area (Å²) in [4.78, 5) is 20.5. The molecule has 0 radical (unpaired) electrons. The SMILES string of the molecule is CC(C)C(CNc1c(F)cc([N+](=O)[O-])cc1F)C(=O)O. The van der Waals surface area contributed by atoms with Crippen molar-refractivity contribution in [2.24, 2.45) is 11.8 Å². The summed E-state index contributed by atoms with van der Waals surface area (Å²) >= 11 is 0. The first-order valence-electron chi connectivity index (χ1n) is 5.84. The Labute approximate surface area is 113 Å². The summed E-state index contributed by atoms with van der Waals surface area (Å²) in [6.07, 6.45) is 0. The van der Waals surface area contributed by atoms with Gasteiger partial charge in [0.05, 0.1) is 23.0 Å². The van der Waals surface area contributed by atoms with Gasteiger partial charge in [-0.1, -0.05) is 13.8 Å².